The third-order valence-corrected chi connectivity index (χ3v) is 4.86. The Morgan fingerprint density at radius 2 is 1.79 bits per heavy atom. The maximum Gasteiger partial charge on any atom is 0.212 e. The Bertz CT molecular complexity index is 1040. The molecule has 0 aliphatic carbocycles. The quantitative estimate of drug-likeness (QED) is 0.713. The molecule has 0 amide bonds. The Morgan fingerprint density at radius 1 is 1.04 bits per heavy atom. The van der Waals surface area contributed by atoms with E-state index < -0.39 is 11.5 Å². The molecule has 4 rings (SSSR count). The summed E-state index contributed by atoms with van der Waals surface area (Å²) < 4.78 is 26.9. The van der Waals surface area contributed by atoms with E-state index in [0.717, 1.165) is 5.56 Å². The van der Waals surface area contributed by atoms with E-state index in [9.17, 15) is 8.78 Å². The van der Waals surface area contributed by atoms with Gasteiger partial charge in [0.2, 0.25) is 5.95 Å². The van der Waals surface area contributed by atoms with Crippen LogP contribution >= 0.6 is 0 Å². The number of nitrogens with zero attached hydrogens (tertiary/aromatic N) is 4. The van der Waals surface area contributed by atoms with Gasteiger partial charge in [-0.15, -0.1) is 0 Å². The van der Waals surface area contributed by atoms with Crippen molar-refractivity contribution in [3.63, 3.8) is 0 Å². The van der Waals surface area contributed by atoms with Crippen LogP contribution in [0, 0.1) is 23.1 Å². The minimum Gasteiger partial charge on any atom is -0.364 e. The van der Waals surface area contributed by atoms with E-state index in [1.165, 1.54) is 30.6 Å². The van der Waals surface area contributed by atoms with Crippen molar-refractivity contribution >= 4 is 5.84 Å². The van der Waals surface area contributed by atoms with E-state index in [1.54, 1.807) is 30.5 Å². The number of benzene rings is 1. The van der Waals surface area contributed by atoms with Crippen molar-refractivity contribution in [2.24, 2.45) is 4.99 Å². The number of halogens is 2. The molecular weight excluding hydrogens is 360 g/mol. The molecule has 0 spiro atoms. The van der Waals surface area contributed by atoms with Gasteiger partial charge in [-0.05, 0) is 36.8 Å². The van der Waals surface area contributed by atoms with Crippen LogP contribution in [0.3, 0.4) is 0 Å². The summed E-state index contributed by atoms with van der Waals surface area (Å²) in [6.07, 6.45) is 4.52. The summed E-state index contributed by atoms with van der Waals surface area (Å²) in [5.41, 5.74) is 1.54. The van der Waals surface area contributed by atoms with E-state index in [1.807, 2.05) is 6.92 Å². The molecule has 0 bridgehead atoms. The number of aromatic nitrogens is 2. The smallest absolute Gasteiger partial charge is 0.212 e. The van der Waals surface area contributed by atoms with Crippen molar-refractivity contribution in [1.29, 1.82) is 5.26 Å². The van der Waals surface area contributed by atoms with Gasteiger partial charge in [0.05, 0.1) is 11.6 Å². The molecular formula is C21H15F2N5. The Hall–Kier alpha value is -3.66. The Balaban J connectivity index is 1.92. The molecule has 3 aromatic rings. The summed E-state index contributed by atoms with van der Waals surface area (Å²) >= 11 is 0. The second kappa shape index (κ2) is 6.82. The lowest BCUT2D eigenvalue weighted by Gasteiger charge is -2.31. The Labute approximate surface area is 160 Å². The molecule has 1 aromatic carbocycles. The fraction of sp³-hybridized carbons (Fsp3) is 0.143. The van der Waals surface area contributed by atoms with Crippen molar-refractivity contribution < 1.29 is 8.78 Å². The molecule has 1 aliphatic heterocycles. The Kier molecular flexibility index (Phi) is 4.32. The molecule has 3 heterocycles. The summed E-state index contributed by atoms with van der Waals surface area (Å²) in [4.78, 5) is 12.8. The first kappa shape index (κ1) is 17.7. The van der Waals surface area contributed by atoms with Crippen LogP contribution < -0.4 is 5.32 Å². The normalized spacial score (nSPS) is 20.9. The number of hydrogen-bond acceptors (Lipinski definition) is 5. The summed E-state index contributed by atoms with van der Waals surface area (Å²) in [6.45, 7) is 1.94. The minimum atomic E-state index is -0.938. The van der Waals surface area contributed by atoms with Crippen molar-refractivity contribution in [3.8, 4) is 6.07 Å². The standard InChI is InChI=1S/C21H15F2N5/c1-13-21(16-2-5-18(22)6-3-16,17-4-7-19(23)26-12-17)28-20(27-13)15-8-14(9-24)10-25-11-15/h2-8,10-13H,1H3,(H,27,28)/t13-,21+/m0/s1. The van der Waals surface area contributed by atoms with Crippen LogP contribution in [0.4, 0.5) is 8.78 Å². The van der Waals surface area contributed by atoms with Crippen LogP contribution in [0.25, 0.3) is 0 Å². The first-order valence-electron chi connectivity index (χ1n) is 8.63. The number of pyridine rings is 2. The third-order valence-electron chi connectivity index (χ3n) is 4.86. The van der Waals surface area contributed by atoms with Crippen molar-refractivity contribution in [2.75, 3.05) is 0 Å². The number of hydrogen-bond donors (Lipinski definition) is 1. The van der Waals surface area contributed by atoms with Crippen LogP contribution in [-0.4, -0.2) is 21.8 Å². The van der Waals surface area contributed by atoms with Gasteiger partial charge in [-0.2, -0.15) is 9.65 Å². The third kappa shape index (κ3) is 2.89. The largest absolute Gasteiger partial charge is 0.364 e. The molecule has 1 N–H and O–H groups in total. The van der Waals surface area contributed by atoms with Crippen LogP contribution in [0.15, 0.2) is 66.0 Å². The van der Waals surface area contributed by atoms with Gasteiger partial charge in [0.25, 0.3) is 0 Å². The molecule has 0 radical (unpaired) electrons. The monoisotopic (exact) mass is 375 g/mol. The maximum absolute atomic E-state index is 13.5. The van der Waals surface area contributed by atoms with E-state index >= 15 is 0 Å². The van der Waals surface area contributed by atoms with Crippen LogP contribution in [0.2, 0.25) is 0 Å². The molecule has 0 fully saturated rings. The van der Waals surface area contributed by atoms with Gasteiger partial charge in [-0.25, -0.2) is 14.4 Å². The second-order valence-electron chi connectivity index (χ2n) is 6.54. The highest BCUT2D eigenvalue weighted by molar-refractivity contribution is 6.01. The summed E-state index contributed by atoms with van der Waals surface area (Å²) in [7, 11) is 0. The van der Waals surface area contributed by atoms with Crippen LogP contribution in [-0.2, 0) is 5.54 Å². The molecule has 138 valence electrons. The van der Waals surface area contributed by atoms with Gasteiger partial charge < -0.3 is 5.32 Å². The first-order valence-corrected chi connectivity index (χ1v) is 8.63. The van der Waals surface area contributed by atoms with E-state index in [-0.39, 0.29) is 11.9 Å². The zero-order chi connectivity index (χ0) is 19.7. The van der Waals surface area contributed by atoms with Crippen LogP contribution in [0.5, 0.6) is 0 Å². The number of nitriles is 1. The highest BCUT2D eigenvalue weighted by Crippen LogP contribution is 2.40. The zero-order valence-corrected chi connectivity index (χ0v) is 14.9. The zero-order valence-electron chi connectivity index (χ0n) is 14.9. The summed E-state index contributed by atoms with van der Waals surface area (Å²) in [5.74, 6) is -0.401. The van der Waals surface area contributed by atoms with E-state index in [2.05, 4.69) is 21.4 Å². The van der Waals surface area contributed by atoms with Gasteiger partial charge in [0.1, 0.15) is 23.3 Å². The number of aliphatic imine (C=N–C) groups is 1. The van der Waals surface area contributed by atoms with E-state index in [4.69, 9.17) is 10.3 Å². The molecule has 2 aromatic heterocycles. The second-order valence-corrected chi connectivity index (χ2v) is 6.54. The summed E-state index contributed by atoms with van der Waals surface area (Å²) in [5, 5.41) is 12.5. The number of amidine groups is 1. The van der Waals surface area contributed by atoms with Crippen molar-refractivity contribution in [2.45, 2.75) is 18.5 Å². The number of nitrogens with one attached hydrogen (secondary N) is 1. The van der Waals surface area contributed by atoms with Gasteiger partial charge >= 0.3 is 0 Å². The maximum atomic E-state index is 13.5. The number of rotatable bonds is 3. The lowest BCUT2D eigenvalue weighted by atomic mass is 9.79. The molecule has 7 heteroatoms. The molecule has 0 unspecified atom stereocenters. The first-order chi connectivity index (χ1) is 13.5. The van der Waals surface area contributed by atoms with Crippen molar-refractivity contribution in [3.05, 3.63) is 95.1 Å². The lowest BCUT2D eigenvalue weighted by molar-refractivity contribution is 0.449. The molecule has 0 saturated carbocycles. The van der Waals surface area contributed by atoms with Gasteiger partial charge in [0, 0.05) is 29.7 Å². The van der Waals surface area contributed by atoms with Gasteiger partial charge in [0.15, 0.2) is 0 Å². The van der Waals surface area contributed by atoms with E-state index in [0.29, 0.717) is 22.5 Å². The SMILES string of the molecule is C[C@@H]1NC(c2cncc(C#N)c2)=N[C@]1(c1ccc(F)cc1)c1ccc(F)nc1. The molecule has 5 nitrogen and oxygen atoms in total. The van der Waals surface area contributed by atoms with Gasteiger partial charge in [-0.1, -0.05) is 18.2 Å². The van der Waals surface area contributed by atoms with Gasteiger partial charge in [-0.3, -0.25) is 4.98 Å². The summed E-state index contributed by atoms with van der Waals surface area (Å²) in [6, 6.07) is 12.5. The predicted molar refractivity (Wildman–Crippen MR) is 99.5 cm³/mol. The highest BCUT2D eigenvalue weighted by atomic mass is 19.1. The minimum absolute atomic E-state index is 0.244. The average Bonchev–Trinajstić information content (AvgIpc) is 3.07. The molecule has 28 heavy (non-hydrogen) atoms. The van der Waals surface area contributed by atoms with Crippen molar-refractivity contribution in [1.82, 2.24) is 15.3 Å². The highest BCUT2D eigenvalue weighted by Gasteiger charge is 2.45. The van der Waals surface area contributed by atoms with Crippen LogP contribution in [0.1, 0.15) is 29.2 Å². The predicted octanol–water partition coefficient (Wildman–Crippen LogP) is 3.31. The Morgan fingerprint density at radius 3 is 2.46 bits per heavy atom. The molecule has 1 aliphatic rings. The fourth-order valence-electron chi connectivity index (χ4n) is 3.49. The average molecular weight is 375 g/mol. The molecule has 2 atom stereocenters. The topological polar surface area (TPSA) is 74.0 Å². The lowest BCUT2D eigenvalue weighted by Crippen LogP contribution is -2.41. The fourth-order valence-corrected chi connectivity index (χ4v) is 3.49. The molecule has 0 saturated heterocycles.